The molecular weight excluding hydrogens is 1020 g/mol. The molecular formula is C59H88N2O18. The van der Waals surface area contributed by atoms with Crippen LogP contribution in [-0.2, 0) is 28.5 Å². The lowest BCUT2D eigenvalue weighted by molar-refractivity contribution is -0.308. The third-order valence-electron chi connectivity index (χ3n) is 14.5. The number of carboxylic acids is 1. The van der Waals surface area contributed by atoms with Crippen LogP contribution < -0.4 is 11.1 Å². The van der Waals surface area contributed by atoms with Crippen LogP contribution in [0.1, 0.15) is 115 Å². The molecule has 0 saturated carbocycles. The average Bonchev–Trinajstić information content (AvgIpc) is 3.40. The third kappa shape index (κ3) is 23.3. The quantitative estimate of drug-likeness (QED) is 0.111. The first-order valence-electron chi connectivity index (χ1n) is 27.5. The fourth-order valence-electron chi connectivity index (χ4n) is 10.1. The van der Waals surface area contributed by atoms with Crippen LogP contribution in [0.5, 0.6) is 0 Å². The van der Waals surface area contributed by atoms with Crippen molar-refractivity contribution in [3.05, 3.63) is 115 Å². The second-order valence-electron chi connectivity index (χ2n) is 21.4. The maximum absolute atomic E-state index is 13.3. The summed E-state index contributed by atoms with van der Waals surface area (Å²) in [5.41, 5.74) is 7.39. The highest BCUT2D eigenvalue weighted by Crippen LogP contribution is 2.38. The largest absolute Gasteiger partial charge is 0.481 e. The summed E-state index contributed by atoms with van der Waals surface area (Å²) >= 11 is 0. The van der Waals surface area contributed by atoms with Crippen molar-refractivity contribution in [3.8, 4) is 0 Å². The summed E-state index contributed by atoms with van der Waals surface area (Å²) in [6.07, 6.45) is 6.09. The molecule has 14 N–H and O–H groups in total. The molecule has 2 bridgehead atoms. The Bertz CT molecular complexity index is 2220. The monoisotopic (exact) mass is 1110 g/mol. The van der Waals surface area contributed by atoms with E-state index in [1.807, 2.05) is 32.1 Å². The fourth-order valence-corrected chi connectivity index (χ4v) is 10.1. The number of ketones is 1. The van der Waals surface area contributed by atoms with Crippen LogP contribution in [0.4, 0.5) is 5.69 Å². The Labute approximate surface area is 463 Å². The normalized spacial score (nSPS) is 35.5. The number of anilines is 1. The van der Waals surface area contributed by atoms with E-state index in [-0.39, 0.29) is 75.4 Å². The number of cyclic esters (lactones) is 1. The van der Waals surface area contributed by atoms with Crippen molar-refractivity contribution in [2.45, 2.75) is 202 Å². The lowest BCUT2D eigenvalue weighted by atomic mass is 9.82. The molecule has 1 aromatic carbocycles. The van der Waals surface area contributed by atoms with Crippen molar-refractivity contribution in [1.82, 2.24) is 0 Å². The molecule has 0 aromatic heterocycles. The Kier molecular flexibility index (Phi) is 28.6. The first kappa shape index (κ1) is 66.8. The van der Waals surface area contributed by atoms with E-state index >= 15 is 0 Å². The number of aliphatic carboxylic acids is 1. The van der Waals surface area contributed by atoms with Gasteiger partial charge >= 0.3 is 11.9 Å². The standard InChI is InChI=1S/C59H88N2O18/c1-36-18-15-13-11-9-7-5-6-8-10-12-14-16-21-47(77-58-55(72)53(60)54(71)38(3)76-58)33-50-52(57(73)74)49(69)35-59(75,79-50)34-46(67)30-44(65)28-41(62)19-17-20-42(63)29-45(66)32-51(70)78-56(36)37(2)22-27-43(64)31-48(68)39-23-25-40(61-4)26-24-39/h5-16,18,21,23-26,36-38,41-47,49-50,52-56,58,61-67,69,71-72,75H,17,19-20,22,27-35,60H2,1-4H3,(H,73,74)/t36-,37+,38-,41+,42-,43-,44-,45-,46-,47-,49+,50-,52+,53+,54-,55+,56-,58+,59-/m1/s1. The Balaban J connectivity index is 1.52. The summed E-state index contributed by atoms with van der Waals surface area (Å²) in [7, 11) is 1.78. The van der Waals surface area contributed by atoms with Crippen LogP contribution in [0.15, 0.2) is 109 Å². The smallest absolute Gasteiger partial charge is 0.311 e. The number of carbonyl (C=O) groups excluding carboxylic acids is 2. The lowest BCUT2D eigenvalue weighted by Gasteiger charge is -2.45. The zero-order valence-corrected chi connectivity index (χ0v) is 45.8. The molecule has 3 aliphatic heterocycles. The van der Waals surface area contributed by atoms with E-state index < -0.39 is 135 Å². The van der Waals surface area contributed by atoms with Gasteiger partial charge in [-0.15, -0.1) is 0 Å². The maximum Gasteiger partial charge on any atom is 0.311 e. The van der Waals surface area contributed by atoms with Gasteiger partial charge in [-0.3, -0.25) is 14.4 Å². The molecule has 20 heteroatoms. The number of ether oxygens (including phenoxy) is 4. The highest BCUT2D eigenvalue weighted by atomic mass is 16.7. The summed E-state index contributed by atoms with van der Waals surface area (Å²) in [5.74, 6) is -6.77. The van der Waals surface area contributed by atoms with E-state index in [1.165, 1.54) is 13.0 Å². The van der Waals surface area contributed by atoms with Crippen LogP contribution in [0.3, 0.4) is 0 Å². The number of nitrogens with one attached hydrogen (secondary N) is 1. The Morgan fingerprint density at radius 2 is 1.30 bits per heavy atom. The number of fused-ring (bicyclic) bond motifs is 2. The number of aliphatic hydroxyl groups excluding tert-OH is 9. The number of nitrogens with two attached hydrogens (primary N) is 1. The lowest BCUT2D eigenvalue weighted by Crippen LogP contribution is -2.61. The Morgan fingerprint density at radius 1 is 0.747 bits per heavy atom. The van der Waals surface area contributed by atoms with Crippen molar-refractivity contribution in [2.24, 2.45) is 23.5 Å². The summed E-state index contributed by atoms with van der Waals surface area (Å²) in [5, 5.41) is 122. The van der Waals surface area contributed by atoms with Gasteiger partial charge in [0.1, 0.15) is 18.1 Å². The minimum atomic E-state index is -2.29. The maximum atomic E-state index is 13.3. The summed E-state index contributed by atoms with van der Waals surface area (Å²) in [6, 6.07) is 5.82. The molecule has 4 rings (SSSR count). The number of esters is 1. The van der Waals surface area contributed by atoms with Gasteiger partial charge in [-0.2, -0.15) is 0 Å². The van der Waals surface area contributed by atoms with Crippen molar-refractivity contribution in [1.29, 1.82) is 0 Å². The van der Waals surface area contributed by atoms with Crippen molar-refractivity contribution in [2.75, 3.05) is 12.4 Å². The first-order chi connectivity index (χ1) is 37.5. The average molecular weight is 1110 g/mol. The second-order valence-corrected chi connectivity index (χ2v) is 21.4. The number of carbonyl (C=O) groups is 3. The van der Waals surface area contributed by atoms with Crippen LogP contribution in [-0.4, -0.2) is 178 Å². The predicted octanol–water partition coefficient (Wildman–Crippen LogP) is 3.57. The third-order valence-corrected chi connectivity index (χ3v) is 14.5. The van der Waals surface area contributed by atoms with Gasteiger partial charge in [0.2, 0.25) is 0 Å². The van der Waals surface area contributed by atoms with E-state index in [0.717, 1.165) is 5.69 Å². The Hall–Kier alpha value is -4.75. The van der Waals surface area contributed by atoms with Crippen LogP contribution in [0.25, 0.3) is 0 Å². The van der Waals surface area contributed by atoms with Crippen molar-refractivity contribution < 1.29 is 89.5 Å². The number of hydrogen-bond acceptors (Lipinski definition) is 19. The highest BCUT2D eigenvalue weighted by molar-refractivity contribution is 5.96. The van der Waals surface area contributed by atoms with Crippen LogP contribution in [0.2, 0.25) is 0 Å². The number of carboxylic acid groups (broad SMARTS) is 1. The molecule has 3 heterocycles. The molecule has 19 atom stereocenters. The van der Waals surface area contributed by atoms with Crippen LogP contribution >= 0.6 is 0 Å². The van der Waals surface area contributed by atoms with E-state index in [0.29, 0.717) is 12.0 Å². The molecule has 2 fully saturated rings. The topological polar surface area (TPSA) is 349 Å². The van der Waals surface area contributed by atoms with Crippen molar-refractivity contribution in [3.63, 3.8) is 0 Å². The number of aliphatic hydroxyl groups is 10. The SMILES string of the molecule is CNc1ccc(C(=O)C[C@H](O)CC[C@H](C)[C@@H]2OC(=O)C[C@H](O)C[C@H](O)CCC[C@H](O)C[C@@H](O)C[C@@H](O)C[C@]3(O)C[C@H](O)[C@H](C(=O)O)[C@@H](C[C@H](O[C@@H]4O[C@H](C)[C@@H](O)[C@H](N)[C@@H]4O)C=CC=CC=CC=CC=CC=CC=C[C@H]2C)O3)cc1. The molecule has 20 nitrogen and oxygen atoms in total. The molecule has 0 unspecified atom stereocenters. The van der Waals surface area contributed by atoms with Gasteiger partial charge in [-0.1, -0.05) is 98.9 Å². The molecule has 2 saturated heterocycles. The zero-order valence-electron chi connectivity index (χ0n) is 45.8. The summed E-state index contributed by atoms with van der Waals surface area (Å²) in [6.45, 7) is 5.31. The zero-order chi connectivity index (χ0) is 58.2. The van der Waals surface area contributed by atoms with E-state index in [9.17, 15) is 70.6 Å². The number of allylic oxidation sites excluding steroid dienone is 12. The van der Waals surface area contributed by atoms with Gasteiger partial charge in [0.15, 0.2) is 17.9 Å². The van der Waals surface area contributed by atoms with E-state index in [4.69, 9.17) is 24.7 Å². The summed E-state index contributed by atoms with van der Waals surface area (Å²) < 4.78 is 23.8. The molecule has 79 heavy (non-hydrogen) atoms. The number of rotatable bonds is 11. The molecule has 0 spiro atoms. The second kappa shape index (κ2) is 33.9. The van der Waals surface area contributed by atoms with Gasteiger partial charge in [0.05, 0.1) is 79.6 Å². The van der Waals surface area contributed by atoms with Gasteiger partial charge in [-0.05, 0) is 88.5 Å². The highest BCUT2D eigenvalue weighted by Gasteiger charge is 2.51. The molecule has 3 aliphatic rings. The van der Waals surface area contributed by atoms with E-state index in [1.54, 1.807) is 92.1 Å². The minimum Gasteiger partial charge on any atom is -0.481 e. The van der Waals surface area contributed by atoms with Gasteiger partial charge < -0.3 is 86.2 Å². The molecule has 0 radical (unpaired) electrons. The number of benzene rings is 1. The van der Waals surface area contributed by atoms with Gasteiger partial charge in [0.25, 0.3) is 0 Å². The molecule has 0 amide bonds. The van der Waals surface area contributed by atoms with E-state index in [2.05, 4.69) is 5.32 Å². The van der Waals surface area contributed by atoms with Crippen molar-refractivity contribution >= 4 is 23.4 Å². The first-order valence-corrected chi connectivity index (χ1v) is 27.5. The molecule has 442 valence electrons. The fraction of sp³-hybridized carbons (Fsp3) is 0.610. The number of Topliss-reactive ketones (excluding diaryl/α,β-unsaturated/α-hetero) is 1. The van der Waals surface area contributed by atoms with Gasteiger partial charge in [0, 0.05) is 49.9 Å². The Morgan fingerprint density at radius 3 is 1.89 bits per heavy atom. The number of hydrogen-bond donors (Lipinski definition) is 13. The predicted molar refractivity (Wildman–Crippen MR) is 295 cm³/mol. The minimum absolute atomic E-state index is 0.0782. The molecule has 1 aromatic rings. The van der Waals surface area contributed by atoms with Crippen LogP contribution in [0, 0.1) is 17.8 Å². The summed E-state index contributed by atoms with van der Waals surface area (Å²) in [4.78, 5) is 38.8. The molecule has 0 aliphatic carbocycles. The van der Waals surface area contributed by atoms with Gasteiger partial charge in [-0.25, -0.2) is 0 Å².